The van der Waals surface area contributed by atoms with Crippen molar-refractivity contribution < 1.29 is 22.8 Å². The van der Waals surface area contributed by atoms with E-state index in [2.05, 4.69) is 10.6 Å². The van der Waals surface area contributed by atoms with Crippen LogP contribution in [0.25, 0.3) is 0 Å². The fraction of sp³-hybridized carbons (Fsp3) is 0.579. The van der Waals surface area contributed by atoms with Gasteiger partial charge in [-0.05, 0) is 30.9 Å². The van der Waals surface area contributed by atoms with Crippen molar-refractivity contribution in [2.75, 3.05) is 26.2 Å². The highest BCUT2D eigenvalue weighted by Crippen LogP contribution is 2.29. The van der Waals surface area contributed by atoms with Crippen molar-refractivity contribution in [3.05, 3.63) is 35.4 Å². The van der Waals surface area contributed by atoms with Gasteiger partial charge in [0.2, 0.25) is 11.8 Å². The predicted molar refractivity (Wildman–Crippen MR) is 96.1 cm³/mol. The van der Waals surface area contributed by atoms with Gasteiger partial charge in [0.25, 0.3) is 0 Å². The smallest absolute Gasteiger partial charge is 0.355 e. The topological polar surface area (TPSA) is 61.4 Å². The summed E-state index contributed by atoms with van der Waals surface area (Å²) in [7, 11) is 0. The number of piperidine rings is 1. The molecule has 1 fully saturated rings. The summed E-state index contributed by atoms with van der Waals surface area (Å²) in [5.41, 5.74) is -0.408. The van der Waals surface area contributed by atoms with Crippen LogP contribution in [0.1, 0.15) is 37.3 Å². The average Bonchev–Trinajstić information content (AvgIpc) is 2.61. The number of nitrogens with one attached hydrogen (secondary N) is 2. The van der Waals surface area contributed by atoms with Gasteiger partial charge in [0.1, 0.15) is 0 Å². The summed E-state index contributed by atoms with van der Waals surface area (Å²) >= 11 is 0. The Kier molecular flexibility index (Phi) is 7.65. The molecule has 27 heavy (non-hydrogen) atoms. The van der Waals surface area contributed by atoms with Crippen molar-refractivity contribution in [3.8, 4) is 0 Å². The highest BCUT2D eigenvalue weighted by molar-refractivity contribution is 5.79. The van der Waals surface area contributed by atoms with Crippen molar-refractivity contribution in [2.24, 2.45) is 0 Å². The number of hydrogen-bond donors (Lipinski definition) is 2. The minimum absolute atomic E-state index is 0.00359. The van der Waals surface area contributed by atoms with E-state index in [0.717, 1.165) is 31.4 Å². The molecule has 0 atom stereocenters. The average molecular weight is 385 g/mol. The minimum Gasteiger partial charge on any atom is -0.355 e. The van der Waals surface area contributed by atoms with Gasteiger partial charge in [0.05, 0.1) is 18.5 Å². The quantitative estimate of drug-likeness (QED) is 0.758. The third kappa shape index (κ3) is 7.21. The van der Waals surface area contributed by atoms with Gasteiger partial charge in [-0.3, -0.25) is 14.5 Å². The van der Waals surface area contributed by atoms with Crippen molar-refractivity contribution in [1.29, 1.82) is 0 Å². The SMILES string of the molecule is CCCNC(=O)CN1CCC(NC(=O)Cc2cccc(C(F)(F)F)c2)CC1. The molecule has 0 radical (unpaired) electrons. The van der Waals surface area contributed by atoms with E-state index in [1.807, 2.05) is 11.8 Å². The van der Waals surface area contributed by atoms with E-state index in [4.69, 9.17) is 0 Å². The zero-order valence-electron chi connectivity index (χ0n) is 15.4. The lowest BCUT2D eigenvalue weighted by Crippen LogP contribution is -2.47. The molecule has 1 heterocycles. The van der Waals surface area contributed by atoms with Crippen LogP contribution in [0.4, 0.5) is 13.2 Å². The van der Waals surface area contributed by atoms with E-state index in [1.165, 1.54) is 12.1 Å². The molecule has 150 valence electrons. The van der Waals surface area contributed by atoms with Crippen molar-refractivity contribution in [1.82, 2.24) is 15.5 Å². The first kappa shape index (κ1) is 21.2. The van der Waals surface area contributed by atoms with Crippen LogP contribution in [0.5, 0.6) is 0 Å². The molecule has 2 amide bonds. The molecule has 0 saturated carbocycles. The van der Waals surface area contributed by atoms with Gasteiger partial charge in [-0.2, -0.15) is 13.2 Å². The Labute approximate surface area is 157 Å². The number of carbonyl (C=O) groups excluding carboxylic acids is 2. The van der Waals surface area contributed by atoms with Crippen LogP contribution in [0.3, 0.4) is 0 Å². The van der Waals surface area contributed by atoms with E-state index < -0.39 is 11.7 Å². The van der Waals surface area contributed by atoms with E-state index in [9.17, 15) is 22.8 Å². The van der Waals surface area contributed by atoms with Crippen LogP contribution in [0.2, 0.25) is 0 Å². The number of halogens is 3. The molecule has 1 aliphatic heterocycles. The highest BCUT2D eigenvalue weighted by Gasteiger charge is 2.30. The van der Waals surface area contributed by atoms with E-state index in [0.29, 0.717) is 31.7 Å². The molecule has 1 aromatic rings. The first-order valence-corrected chi connectivity index (χ1v) is 9.22. The molecule has 5 nitrogen and oxygen atoms in total. The zero-order valence-corrected chi connectivity index (χ0v) is 15.4. The van der Waals surface area contributed by atoms with Gasteiger partial charge >= 0.3 is 6.18 Å². The third-order valence-electron chi connectivity index (χ3n) is 4.51. The number of amides is 2. The maximum absolute atomic E-state index is 12.7. The van der Waals surface area contributed by atoms with Crippen molar-refractivity contribution in [2.45, 2.75) is 44.8 Å². The molecular weight excluding hydrogens is 359 g/mol. The molecular formula is C19H26F3N3O2. The lowest BCUT2D eigenvalue weighted by molar-refractivity contribution is -0.137. The Morgan fingerprint density at radius 3 is 2.52 bits per heavy atom. The number of alkyl halides is 3. The summed E-state index contributed by atoms with van der Waals surface area (Å²) in [4.78, 5) is 25.9. The largest absolute Gasteiger partial charge is 0.416 e. The van der Waals surface area contributed by atoms with Crippen LogP contribution in [-0.4, -0.2) is 48.9 Å². The lowest BCUT2D eigenvalue weighted by Gasteiger charge is -2.31. The normalized spacial score (nSPS) is 16.1. The minimum atomic E-state index is -4.41. The second-order valence-electron chi connectivity index (χ2n) is 6.84. The van der Waals surface area contributed by atoms with Crippen LogP contribution >= 0.6 is 0 Å². The Balaban J connectivity index is 1.75. The predicted octanol–water partition coefficient (Wildman–Crippen LogP) is 2.35. The summed E-state index contributed by atoms with van der Waals surface area (Å²) in [6.07, 6.45) is -2.16. The maximum Gasteiger partial charge on any atom is 0.416 e. The molecule has 2 N–H and O–H groups in total. The number of carbonyl (C=O) groups is 2. The Morgan fingerprint density at radius 2 is 1.89 bits per heavy atom. The lowest BCUT2D eigenvalue weighted by atomic mass is 10.0. The summed E-state index contributed by atoms with van der Waals surface area (Å²) in [6.45, 7) is 4.42. The Hall–Kier alpha value is -2.09. The zero-order chi connectivity index (χ0) is 19.9. The molecule has 0 aliphatic carbocycles. The standard InChI is InChI=1S/C19H26F3N3O2/c1-2-8-23-18(27)13-25-9-6-16(7-10-25)24-17(26)12-14-4-3-5-15(11-14)19(20,21)22/h3-5,11,16H,2,6-10,12-13H2,1H3,(H,23,27)(H,24,26). The van der Waals surface area contributed by atoms with Gasteiger partial charge in [0, 0.05) is 25.7 Å². The monoisotopic (exact) mass is 385 g/mol. The van der Waals surface area contributed by atoms with Gasteiger partial charge in [-0.15, -0.1) is 0 Å². The summed E-state index contributed by atoms with van der Waals surface area (Å²) < 4.78 is 38.2. The number of nitrogens with zero attached hydrogens (tertiary/aromatic N) is 1. The molecule has 1 saturated heterocycles. The third-order valence-corrected chi connectivity index (χ3v) is 4.51. The van der Waals surface area contributed by atoms with Gasteiger partial charge < -0.3 is 10.6 Å². The number of rotatable bonds is 7. The van der Waals surface area contributed by atoms with Crippen LogP contribution in [0.15, 0.2) is 24.3 Å². The van der Waals surface area contributed by atoms with E-state index >= 15 is 0 Å². The van der Waals surface area contributed by atoms with Gasteiger partial charge in [-0.25, -0.2) is 0 Å². The number of hydrogen-bond acceptors (Lipinski definition) is 3. The van der Waals surface area contributed by atoms with Crippen LogP contribution in [-0.2, 0) is 22.2 Å². The van der Waals surface area contributed by atoms with E-state index in [-0.39, 0.29) is 24.3 Å². The molecule has 0 unspecified atom stereocenters. The fourth-order valence-corrected chi connectivity index (χ4v) is 3.08. The Bertz CT molecular complexity index is 641. The highest BCUT2D eigenvalue weighted by atomic mass is 19.4. The second-order valence-corrected chi connectivity index (χ2v) is 6.84. The maximum atomic E-state index is 12.7. The van der Waals surface area contributed by atoms with Crippen LogP contribution in [0, 0.1) is 0 Å². The molecule has 1 aliphatic rings. The molecule has 2 rings (SSSR count). The van der Waals surface area contributed by atoms with Crippen molar-refractivity contribution >= 4 is 11.8 Å². The first-order valence-electron chi connectivity index (χ1n) is 9.22. The van der Waals surface area contributed by atoms with E-state index in [1.54, 1.807) is 0 Å². The Morgan fingerprint density at radius 1 is 1.19 bits per heavy atom. The summed E-state index contributed by atoms with van der Waals surface area (Å²) in [6, 6.07) is 4.82. The summed E-state index contributed by atoms with van der Waals surface area (Å²) in [5, 5.41) is 5.72. The molecule has 0 aromatic heterocycles. The molecule has 8 heteroatoms. The van der Waals surface area contributed by atoms with Gasteiger partial charge in [0.15, 0.2) is 0 Å². The summed E-state index contributed by atoms with van der Waals surface area (Å²) in [5.74, 6) is -0.280. The number of likely N-dealkylation sites (tertiary alicyclic amines) is 1. The number of benzene rings is 1. The molecule has 0 bridgehead atoms. The second kappa shape index (κ2) is 9.73. The molecule has 0 spiro atoms. The first-order chi connectivity index (χ1) is 12.8. The molecule has 1 aromatic carbocycles. The van der Waals surface area contributed by atoms with Gasteiger partial charge in [-0.1, -0.05) is 25.1 Å². The fourth-order valence-electron chi connectivity index (χ4n) is 3.08. The van der Waals surface area contributed by atoms with Crippen LogP contribution < -0.4 is 10.6 Å². The van der Waals surface area contributed by atoms with Crippen molar-refractivity contribution in [3.63, 3.8) is 0 Å².